The first-order valence-electron chi connectivity index (χ1n) is 13.4. The van der Waals surface area contributed by atoms with Crippen LogP contribution in [-0.2, 0) is 26.4 Å². The van der Waals surface area contributed by atoms with Gasteiger partial charge in [-0.3, -0.25) is 9.98 Å². The molecule has 3 aromatic rings. The van der Waals surface area contributed by atoms with Crippen LogP contribution < -0.4 is 14.9 Å². The number of carbonyl (C=O) groups excluding carboxylic acids is 2. The van der Waals surface area contributed by atoms with E-state index in [1.165, 1.54) is 0 Å². The predicted molar refractivity (Wildman–Crippen MR) is 163 cm³/mol. The summed E-state index contributed by atoms with van der Waals surface area (Å²) in [6, 6.07) is 13.4. The molecule has 0 aliphatic rings. The largest absolute Gasteiger partial charge is 2.00 e. The first-order chi connectivity index (χ1) is 19.6. The Morgan fingerprint density at radius 3 is 1.47 bits per heavy atom. The molecule has 10 heteroatoms. The molecule has 1 radical (unpaired) electrons. The van der Waals surface area contributed by atoms with E-state index in [1.54, 1.807) is 25.6 Å². The van der Waals surface area contributed by atoms with E-state index >= 15 is 0 Å². The number of nitrogens with zero attached hydrogens (tertiary/aromatic N) is 2. The number of rotatable bonds is 7. The third-order valence-electron chi connectivity index (χ3n) is 5.91. The molecule has 3 rings (SSSR count). The van der Waals surface area contributed by atoms with E-state index in [0.717, 1.165) is 36.1 Å². The summed E-state index contributed by atoms with van der Waals surface area (Å²) in [5.74, 6) is -0.404. The predicted octanol–water partition coefficient (Wildman–Crippen LogP) is 4.98. The molecule has 233 valence electrons. The van der Waals surface area contributed by atoms with E-state index in [0.29, 0.717) is 40.1 Å². The van der Waals surface area contributed by atoms with E-state index in [4.69, 9.17) is 24.5 Å². The molecule has 0 unspecified atom stereocenters. The maximum atomic E-state index is 10.6. The first-order valence-corrected chi connectivity index (χ1v) is 13.4. The van der Waals surface area contributed by atoms with Gasteiger partial charge in [-0.15, -0.1) is 0 Å². The molecule has 0 spiro atoms. The third-order valence-corrected chi connectivity index (χ3v) is 5.91. The number of phenols is 2. The Labute approximate surface area is 264 Å². The number of ether oxygens (including phenoxy) is 1. The van der Waals surface area contributed by atoms with Crippen molar-refractivity contribution in [2.45, 2.75) is 67.2 Å². The number of aromatic hydroxyl groups is 2. The molecule has 0 aliphatic heterocycles. The average Bonchev–Trinajstić information content (AvgIpc) is 2.89. The number of carboxylic acid groups (broad SMARTS) is 2. The van der Waals surface area contributed by atoms with Crippen LogP contribution in [0.1, 0.15) is 86.8 Å². The number of carboxylic acids is 2. The topological polar surface area (TPSA) is 155 Å². The summed E-state index contributed by atoms with van der Waals surface area (Å²) in [5, 5.41) is 38.9. The monoisotopic (exact) mass is 635 g/mol. The van der Waals surface area contributed by atoms with E-state index in [9.17, 15) is 10.2 Å². The van der Waals surface area contributed by atoms with E-state index in [-0.39, 0.29) is 28.3 Å². The SMILES string of the molecule is CC(=O)[O-].CC(=O)[O-].COc1ccc(N=Cc2cc(C(C)C)cc(C)c2O)c(N=Cc2cc(C(C)C)cc(C)c2O)c1.[Co+2]. The molecule has 3 aromatic carbocycles. The number of aliphatic carboxylic acids is 2. The molecular formula is C33H40CoN2O7. The zero-order chi connectivity index (χ0) is 32.1. The number of phenolic OH excluding ortho intramolecular Hbond substituents is 2. The van der Waals surface area contributed by atoms with Crippen molar-refractivity contribution in [2.24, 2.45) is 9.98 Å². The fourth-order valence-electron chi connectivity index (χ4n) is 3.66. The van der Waals surface area contributed by atoms with Crippen molar-refractivity contribution in [1.29, 1.82) is 0 Å². The van der Waals surface area contributed by atoms with Crippen molar-refractivity contribution in [3.05, 3.63) is 75.8 Å². The summed E-state index contributed by atoms with van der Waals surface area (Å²) in [5.41, 5.74) is 6.44. The summed E-state index contributed by atoms with van der Waals surface area (Å²) in [7, 11) is 1.60. The third kappa shape index (κ3) is 13.1. The maximum Gasteiger partial charge on any atom is 2.00 e. The molecule has 0 aliphatic carbocycles. The van der Waals surface area contributed by atoms with Gasteiger partial charge in [0.2, 0.25) is 0 Å². The summed E-state index contributed by atoms with van der Waals surface area (Å²) < 4.78 is 5.38. The molecule has 2 N–H and O–H groups in total. The first kappa shape index (κ1) is 38.8. The quantitative estimate of drug-likeness (QED) is 0.347. The Kier molecular flexibility index (Phi) is 16.6. The standard InChI is InChI=1S/C29H34N2O3.2C2H4O2.Co/c1-17(2)21-10-19(5)28(32)23(12-21)15-30-26-9-8-25(34-7)14-27(26)31-16-24-13-22(18(3)4)11-20(6)29(24)33;2*1-2(3)4;/h8-18,32-33H,1-7H3;2*1H3,(H,3,4);/q;;;+2/p-2. The number of aliphatic imine (C=N–C) groups is 2. The van der Waals surface area contributed by atoms with Gasteiger partial charge in [-0.05, 0) is 86.1 Å². The minimum absolute atomic E-state index is 0. The molecule has 0 amide bonds. The van der Waals surface area contributed by atoms with E-state index in [2.05, 4.69) is 37.7 Å². The number of benzene rings is 3. The summed E-state index contributed by atoms with van der Waals surface area (Å²) in [4.78, 5) is 27.1. The number of hydrogen-bond donors (Lipinski definition) is 2. The van der Waals surface area contributed by atoms with E-state index < -0.39 is 11.9 Å². The average molecular weight is 636 g/mol. The van der Waals surface area contributed by atoms with Gasteiger partial charge in [0.15, 0.2) is 0 Å². The second-order valence-electron chi connectivity index (χ2n) is 10.2. The second-order valence-corrected chi connectivity index (χ2v) is 10.2. The Morgan fingerprint density at radius 1 is 0.744 bits per heavy atom. The van der Waals surface area contributed by atoms with Crippen LogP contribution in [0.25, 0.3) is 0 Å². The molecule has 0 saturated heterocycles. The van der Waals surface area contributed by atoms with Gasteiger partial charge in [-0.2, -0.15) is 0 Å². The second kappa shape index (κ2) is 18.4. The van der Waals surface area contributed by atoms with Crippen molar-refractivity contribution >= 4 is 35.7 Å². The van der Waals surface area contributed by atoms with Crippen molar-refractivity contribution in [3.63, 3.8) is 0 Å². The Balaban J connectivity index is 0.00000174. The molecule has 43 heavy (non-hydrogen) atoms. The van der Waals surface area contributed by atoms with Crippen LogP contribution >= 0.6 is 0 Å². The smallest absolute Gasteiger partial charge is 0.550 e. The van der Waals surface area contributed by atoms with Crippen LogP contribution in [0.4, 0.5) is 11.4 Å². The van der Waals surface area contributed by atoms with Crippen molar-refractivity contribution in [1.82, 2.24) is 0 Å². The van der Waals surface area contributed by atoms with Gasteiger partial charge in [0.25, 0.3) is 0 Å². The van der Waals surface area contributed by atoms with Crippen molar-refractivity contribution < 1.29 is 51.5 Å². The molecule has 0 heterocycles. The van der Waals surface area contributed by atoms with E-state index in [1.807, 2.05) is 50.2 Å². The van der Waals surface area contributed by atoms with Crippen LogP contribution in [0.5, 0.6) is 17.2 Å². The van der Waals surface area contributed by atoms with Gasteiger partial charge in [0.1, 0.15) is 17.2 Å². The van der Waals surface area contributed by atoms with Crippen LogP contribution in [0.15, 0.2) is 52.4 Å². The number of methoxy groups -OCH3 is 1. The fraction of sp³-hybridized carbons (Fsp3) is 0.333. The Bertz CT molecular complexity index is 1430. The van der Waals surface area contributed by atoms with Crippen molar-refractivity contribution in [2.75, 3.05) is 7.11 Å². The number of aryl methyl sites for hydroxylation is 2. The summed E-state index contributed by atoms with van der Waals surface area (Å²) in [6.07, 6.45) is 3.32. The summed E-state index contributed by atoms with van der Waals surface area (Å²) in [6.45, 7) is 14.2. The zero-order valence-corrected chi connectivity index (χ0v) is 27.1. The normalized spacial score (nSPS) is 10.6. The maximum absolute atomic E-state index is 10.6. The van der Waals surface area contributed by atoms with Gasteiger partial charge in [-0.1, -0.05) is 39.8 Å². The van der Waals surface area contributed by atoms with Crippen LogP contribution in [0, 0.1) is 13.8 Å². The van der Waals surface area contributed by atoms with Crippen LogP contribution in [0.2, 0.25) is 0 Å². The molecule has 0 atom stereocenters. The Morgan fingerprint density at radius 2 is 1.12 bits per heavy atom. The molecule has 9 nitrogen and oxygen atoms in total. The minimum Gasteiger partial charge on any atom is -0.550 e. The van der Waals surface area contributed by atoms with Crippen LogP contribution in [0.3, 0.4) is 0 Å². The van der Waals surface area contributed by atoms with Gasteiger partial charge >= 0.3 is 16.8 Å². The molecular weight excluding hydrogens is 595 g/mol. The van der Waals surface area contributed by atoms with Crippen LogP contribution in [-0.4, -0.2) is 41.7 Å². The minimum atomic E-state index is -1.08. The molecule has 0 saturated carbocycles. The molecule has 0 aromatic heterocycles. The number of carbonyl (C=O) groups is 2. The molecule has 0 bridgehead atoms. The Hall–Kier alpha value is -4.15. The summed E-state index contributed by atoms with van der Waals surface area (Å²) >= 11 is 0. The van der Waals surface area contributed by atoms with Gasteiger partial charge in [0.05, 0.1) is 18.5 Å². The molecule has 0 fully saturated rings. The van der Waals surface area contributed by atoms with Crippen molar-refractivity contribution in [3.8, 4) is 17.2 Å². The van der Waals surface area contributed by atoms with Gasteiger partial charge in [0, 0.05) is 41.6 Å². The van der Waals surface area contributed by atoms with Gasteiger partial charge in [-0.25, -0.2) is 0 Å². The number of hydrogen-bond acceptors (Lipinski definition) is 9. The van der Waals surface area contributed by atoms with Gasteiger partial charge < -0.3 is 34.8 Å². The zero-order valence-electron chi connectivity index (χ0n) is 26.0. The fourth-order valence-corrected chi connectivity index (χ4v) is 3.66.